The second-order valence-corrected chi connectivity index (χ2v) is 6.68. The molecule has 0 spiro atoms. The van der Waals surface area contributed by atoms with Gasteiger partial charge in [0.2, 0.25) is 0 Å². The van der Waals surface area contributed by atoms with Crippen LogP contribution in [0.4, 0.5) is 5.69 Å². The number of ether oxygens (including phenoxy) is 1. The quantitative estimate of drug-likeness (QED) is 0.816. The van der Waals surface area contributed by atoms with Crippen LogP contribution in [0.2, 0.25) is 0 Å². The standard InChI is InChI=1S/C13H14N2O4S2/c1-19-13(16)12-11(5-6-20-12)21(17,18)15-10-4-2-3-9(7-10)8-14/h2-7,15H,8,14H2,1H3. The second-order valence-electron chi connectivity index (χ2n) is 4.12. The fourth-order valence-electron chi connectivity index (χ4n) is 1.72. The summed E-state index contributed by atoms with van der Waals surface area (Å²) in [5, 5.41) is 1.52. The molecule has 0 fully saturated rings. The minimum absolute atomic E-state index is 0.0416. The summed E-state index contributed by atoms with van der Waals surface area (Å²) in [6, 6.07) is 8.12. The number of carbonyl (C=O) groups is 1. The van der Waals surface area contributed by atoms with E-state index in [1.54, 1.807) is 24.3 Å². The van der Waals surface area contributed by atoms with Crippen LogP contribution in [-0.2, 0) is 21.3 Å². The van der Waals surface area contributed by atoms with Crippen molar-refractivity contribution in [2.75, 3.05) is 11.8 Å². The zero-order chi connectivity index (χ0) is 15.5. The highest BCUT2D eigenvalue weighted by atomic mass is 32.2. The molecule has 3 N–H and O–H groups in total. The summed E-state index contributed by atoms with van der Waals surface area (Å²) in [4.78, 5) is 11.5. The molecule has 1 aromatic carbocycles. The molecule has 8 heteroatoms. The number of anilines is 1. The van der Waals surface area contributed by atoms with Gasteiger partial charge in [-0.05, 0) is 29.1 Å². The lowest BCUT2D eigenvalue weighted by molar-refractivity contribution is 0.0602. The van der Waals surface area contributed by atoms with Gasteiger partial charge in [-0.15, -0.1) is 11.3 Å². The Morgan fingerprint density at radius 3 is 2.81 bits per heavy atom. The summed E-state index contributed by atoms with van der Waals surface area (Å²) in [5.41, 5.74) is 6.71. The van der Waals surface area contributed by atoms with E-state index in [2.05, 4.69) is 9.46 Å². The first kappa shape index (κ1) is 15.5. The zero-order valence-corrected chi connectivity index (χ0v) is 12.8. The van der Waals surface area contributed by atoms with Gasteiger partial charge in [0.15, 0.2) is 0 Å². The van der Waals surface area contributed by atoms with Crippen molar-refractivity contribution in [2.45, 2.75) is 11.4 Å². The van der Waals surface area contributed by atoms with Gasteiger partial charge in [0.1, 0.15) is 9.77 Å². The summed E-state index contributed by atoms with van der Waals surface area (Å²) in [6.07, 6.45) is 0. The lowest BCUT2D eigenvalue weighted by atomic mass is 10.2. The van der Waals surface area contributed by atoms with Crippen LogP contribution in [0, 0.1) is 0 Å². The molecule has 0 saturated carbocycles. The van der Waals surface area contributed by atoms with E-state index in [0.717, 1.165) is 16.9 Å². The number of rotatable bonds is 5. The number of methoxy groups -OCH3 is 1. The minimum Gasteiger partial charge on any atom is -0.465 e. The normalized spacial score (nSPS) is 11.1. The summed E-state index contributed by atoms with van der Waals surface area (Å²) in [6.45, 7) is 0.307. The first-order valence-electron chi connectivity index (χ1n) is 5.95. The van der Waals surface area contributed by atoms with Crippen LogP contribution in [0.15, 0.2) is 40.6 Å². The molecule has 0 atom stereocenters. The molecule has 0 aliphatic rings. The maximum atomic E-state index is 12.4. The van der Waals surface area contributed by atoms with E-state index in [9.17, 15) is 13.2 Å². The van der Waals surface area contributed by atoms with Crippen molar-refractivity contribution < 1.29 is 17.9 Å². The molecule has 0 amide bonds. The van der Waals surface area contributed by atoms with E-state index in [0.29, 0.717) is 12.2 Å². The number of sulfonamides is 1. The molecule has 0 aliphatic carbocycles. The Hall–Kier alpha value is -1.90. The SMILES string of the molecule is COC(=O)c1sccc1S(=O)(=O)Nc1cccc(CN)c1. The topological polar surface area (TPSA) is 98.5 Å². The smallest absolute Gasteiger partial charge is 0.349 e. The van der Waals surface area contributed by atoms with Crippen molar-refractivity contribution in [3.8, 4) is 0 Å². The average Bonchev–Trinajstić information content (AvgIpc) is 2.96. The average molecular weight is 326 g/mol. The molecular formula is C13H14N2O4S2. The number of nitrogens with one attached hydrogen (secondary N) is 1. The molecule has 1 aromatic heterocycles. The van der Waals surface area contributed by atoms with Crippen molar-refractivity contribution in [3.05, 3.63) is 46.2 Å². The van der Waals surface area contributed by atoms with Gasteiger partial charge in [-0.1, -0.05) is 12.1 Å². The van der Waals surface area contributed by atoms with Crippen LogP contribution in [0.3, 0.4) is 0 Å². The van der Waals surface area contributed by atoms with Crippen LogP contribution >= 0.6 is 11.3 Å². The van der Waals surface area contributed by atoms with Gasteiger partial charge >= 0.3 is 5.97 Å². The predicted octanol–water partition coefficient (Wildman–Crippen LogP) is 1.79. The number of esters is 1. The van der Waals surface area contributed by atoms with Gasteiger partial charge < -0.3 is 10.5 Å². The summed E-state index contributed by atoms with van der Waals surface area (Å²) >= 11 is 1.01. The number of thiophene rings is 1. The van der Waals surface area contributed by atoms with Crippen molar-refractivity contribution >= 4 is 33.0 Å². The third-order valence-electron chi connectivity index (χ3n) is 2.70. The van der Waals surface area contributed by atoms with Crippen molar-refractivity contribution in [1.82, 2.24) is 0 Å². The van der Waals surface area contributed by atoms with Crippen LogP contribution in [-0.4, -0.2) is 21.5 Å². The molecule has 0 radical (unpaired) electrons. The zero-order valence-electron chi connectivity index (χ0n) is 11.2. The van der Waals surface area contributed by atoms with Gasteiger partial charge in [-0.2, -0.15) is 0 Å². The molecule has 6 nitrogen and oxygen atoms in total. The highest BCUT2D eigenvalue weighted by Gasteiger charge is 2.24. The van der Waals surface area contributed by atoms with Crippen molar-refractivity contribution in [3.63, 3.8) is 0 Å². The third-order valence-corrected chi connectivity index (χ3v) is 5.15. The fraction of sp³-hybridized carbons (Fsp3) is 0.154. The summed E-state index contributed by atoms with van der Waals surface area (Å²) in [5.74, 6) is -0.680. The van der Waals surface area contributed by atoms with E-state index in [1.807, 2.05) is 0 Å². The first-order chi connectivity index (χ1) is 9.97. The molecule has 2 rings (SSSR count). The molecule has 0 aliphatic heterocycles. The second kappa shape index (κ2) is 6.25. The number of hydrogen-bond acceptors (Lipinski definition) is 6. The lowest BCUT2D eigenvalue weighted by Crippen LogP contribution is -2.16. The maximum Gasteiger partial charge on any atom is 0.349 e. The molecule has 1 heterocycles. The number of benzene rings is 1. The largest absolute Gasteiger partial charge is 0.465 e. The summed E-state index contributed by atoms with van der Waals surface area (Å²) in [7, 11) is -2.66. The van der Waals surface area contributed by atoms with Gasteiger partial charge in [-0.3, -0.25) is 4.72 Å². The highest BCUT2D eigenvalue weighted by Crippen LogP contribution is 2.25. The Morgan fingerprint density at radius 1 is 1.38 bits per heavy atom. The van der Waals surface area contributed by atoms with Crippen LogP contribution in [0.25, 0.3) is 0 Å². The number of hydrogen-bond donors (Lipinski definition) is 2. The van der Waals surface area contributed by atoms with E-state index in [-0.39, 0.29) is 9.77 Å². The Balaban J connectivity index is 2.34. The molecule has 0 saturated heterocycles. The van der Waals surface area contributed by atoms with E-state index >= 15 is 0 Å². The Morgan fingerprint density at radius 2 is 2.14 bits per heavy atom. The van der Waals surface area contributed by atoms with Crippen molar-refractivity contribution in [2.24, 2.45) is 5.73 Å². The molecule has 0 bridgehead atoms. The highest BCUT2D eigenvalue weighted by molar-refractivity contribution is 7.93. The minimum atomic E-state index is -3.86. The number of nitrogens with two attached hydrogens (primary N) is 1. The predicted molar refractivity (Wildman–Crippen MR) is 80.8 cm³/mol. The molecule has 112 valence electrons. The maximum absolute atomic E-state index is 12.4. The van der Waals surface area contributed by atoms with Crippen LogP contribution < -0.4 is 10.5 Å². The van der Waals surface area contributed by atoms with Gasteiger partial charge in [0.25, 0.3) is 10.0 Å². The molecule has 21 heavy (non-hydrogen) atoms. The molecular weight excluding hydrogens is 312 g/mol. The van der Waals surface area contributed by atoms with Gasteiger partial charge in [0, 0.05) is 12.2 Å². The molecule has 2 aromatic rings. The molecule has 0 unspecified atom stereocenters. The van der Waals surface area contributed by atoms with E-state index in [4.69, 9.17) is 5.73 Å². The van der Waals surface area contributed by atoms with Crippen molar-refractivity contribution in [1.29, 1.82) is 0 Å². The van der Waals surface area contributed by atoms with Gasteiger partial charge in [0.05, 0.1) is 7.11 Å². The Kier molecular flexibility index (Phi) is 4.61. The first-order valence-corrected chi connectivity index (χ1v) is 8.32. The van der Waals surface area contributed by atoms with Crippen LogP contribution in [0.5, 0.6) is 0 Å². The lowest BCUT2D eigenvalue weighted by Gasteiger charge is -2.09. The fourth-order valence-corrected chi connectivity index (χ4v) is 4.11. The van der Waals surface area contributed by atoms with Crippen LogP contribution in [0.1, 0.15) is 15.2 Å². The third kappa shape index (κ3) is 3.41. The Labute approximate surface area is 126 Å². The number of carbonyl (C=O) groups excluding carboxylic acids is 1. The van der Waals surface area contributed by atoms with E-state index < -0.39 is 16.0 Å². The van der Waals surface area contributed by atoms with Gasteiger partial charge in [-0.25, -0.2) is 13.2 Å². The summed E-state index contributed by atoms with van der Waals surface area (Å²) < 4.78 is 31.7. The monoisotopic (exact) mass is 326 g/mol. The van der Waals surface area contributed by atoms with E-state index in [1.165, 1.54) is 18.6 Å². The Bertz CT molecular complexity index is 753.